The number of aliphatic hydroxyl groups is 1. The highest BCUT2D eigenvalue weighted by Crippen LogP contribution is 2.37. The average molecular weight is 491 g/mol. The van der Waals surface area contributed by atoms with Crippen molar-refractivity contribution < 1.29 is 14.3 Å². The van der Waals surface area contributed by atoms with Crippen molar-refractivity contribution in [2.75, 3.05) is 37.6 Å². The Morgan fingerprint density at radius 2 is 2.00 bits per heavy atom. The molecule has 1 aromatic carbocycles. The number of piperidine rings is 2. The molecule has 3 atom stereocenters. The van der Waals surface area contributed by atoms with E-state index in [0.717, 1.165) is 68.7 Å². The molecule has 0 spiro atoms. The van der Waals surface area contributed by atoms with E-state index in [0.29, 0.717) is 18.9 Å². The minimum Gasteiger partial charge on any atom is -0.390 e. The standard InChI is InChI=1S/C26H36ClFN4O2/c1-17-20(27)5-3-6-22(17)30-12-8-18(9-13-30)10-15-32-23-7-2-4-19(23)25(29-32)26(34)31-14-11-24(33)21(28)16-31/h3,5-6,18,21,24-25,29,33H,2,4,7-16H2,1H3/t21-,24?,25?/m0/s1. The summed E-state index contributed by atoms with van der Waals surface area (Å²) in [4.78, 5) is 17.3. The zero-order valence-corrected chi connectivity index (χ0v) is 20.7. The molecule has 0 bridgehead atoms. The molecule has 2 fully saturated rings. The Hall–Kier alpha value is -1.83. The van der Waals surface area contributed by atoms with Gasteiger partial charge in [-0.05, 0) is 81.1 Å². The minimum atomic E-state index is -1.35. The molecule has 2 N–H and O–H groups in total. The van der Waals surface area contributed by atoms with E-state index < -0.39 is 12.3 Å². The van der Waals surface area contributed by atoms with E-state index in [1.165, 1.54) is 17.0 Å². The third kappa shape index (κ3) is 4.67. The van der Waals surface area contributed by atoms with Gasteiger partial charge in [0.1, 0.15) is 12.2 Å². The first-order valence-corrected chi connectivity index (χ1v) is 13.2. The molecule has 8 heteroatoms. The first-order chi connectivity index (χ1) is 16.4. The lowest BCUT2D eigenvalue weighted by molar-refractivity contribution is -0.137. The number of halogens is 2. The van der Waals surface area contributed by atoms with Crippen LogP contribution in [0.5, 0.6) is 0 Å². The maximum absolute atomic E-state index is 14.0. The molecule has 34 heavy (non-hydrogen) atoms. The number of nitrogens with one attached hydrogen (secondary N) is 1. The third-order valence-corrected chi connectivity index (χ3v) is 8.62. The Kier molecular flexibility index (Phi) is 7.05. The van der Waals surface area contributed by atoms with Crippen LogP contribution in [0, 0.1) is 12.8 Å². The van der Waals surface area contributed by atoms with Crippen LogP contribution in [-0.4, -0.2) is 72.0 Å². The summed E-state index contributed by atoms with van der Waals surface area (Å²) in [5.74, 6) is 0.616. The lowest BCUT2D eigenvalue weighted by Crippen LogP contribution is -2.54. The highest BCUT2D eigenvalue weighted by atomic mass is 35.5. The van der Waals surface area contributed by atoms with Crippen LogP contribution in [0.2, 0.25) is 5.02 Å². The summed E-state index contributed by atoms with van der Waals surface area (Å²) in [6.07, 6.45) is 4.42. The molecule has 6 nitrogen and oxygen atoms in total. The summed E-state index contributed by atoms with van der Waals surface area (Å²) in [6, 6.07) is 5.77. The molecule has 1 amide bonds. The molecular weight excluding hydrogens is 455 g/mol. The number of hydrazine groups is 1. The molecule has 1 aromatic rings. The monoisotopic (exact) mass is 490 g/mol. The van der Waals surface area contributed by atoms with E-state index in [1.54, 1.807) is 4.90 Å². The summed E-state index contributed by atoms with van der Waals surface area (Å²) in [6.45, 7) is 5.48. The number of rotatable bonds is 5. The lowest BCUT2D eigenvalue weighted by Gasteiger charge is -2.36. The Balaban J connectivity index is 1.15. The molecule has 0 radical (unpaired) electrons. The summed E-state index contributed by atoms with van der Waals surface area (Å²) in [5, 5.41) is 12.7. The molecule has 2 unspecified atom stereocenters. The number of aliphatic hydroxyl groups excluding tert-OH is 1. The molecule has 1 aliphatic carbocycles. The van der Waals surface area contributed by atoms with Crippen LogP contribution < -0.4 is 10.3 Å². The zero-order chi connectivity index (χ0) is 23.8. The van der Waals surface area contributed by atoms with Crippen molar-refractivity contribution in [1.29, 1.82) is 0 Å². The Morgan fingerprint density at radius 3 is 2.76 bits per heavy atom. The predicted octanol–water partition coefficient (Wildman–Crippen LogP) is 3.81. The summed E-state index contributed by atoms with van der Waals surface area (Å²) in [5.41, 5.74) is 8.33. The molecule has 4 aliphatic rings. The van der Waals surface area contributed by atoms with E-state index in [9.17, 15) is 14.3 Å². The van der Waals surface area contributed by atoms with E-state index in [1.807, 2.05) is 12.1 Å². The molecule has 3 heterocycles. The predicted molar refractivity (Wildman–Crippen MR) is 132 cm³/mol. The molecule has 0 aromatic heterocycles. The van der Waals surface area contributed by atoms with Crippen molar-refractivity contribution in [2.45, 2.75) is 70.2 Å². The number of benzene rings is 1. The summed E-state index contributed by atoms with van der Waals surface area (Å²) in [7, 11) is 0. The van der Waals surface area contributed by atoms with Crippen LogP contribution in [0.3, 0.4) is 0 Å². The van der Waals surface area contributed by atoms with Crippen LogP contribution in [0.25, 0.3) is 0 Å². The van der Waals surface area contributed by atoms with E-state index in [4.69, 9.17) is 11.6 Å². The molecule has 3 aliphatic heterocycles. The zero-order valence-electron chi connectivity index (χ0n) is 20.0. The van der Waals surface area contributed by atoms with Gasteiger partial charge >= 0.3 is 0 Å². The quantitative estimate of drug-likeness (QED) is 0.657. The highest BCUT2D eigenvalue weighted by Gasteiger charge is 2.41. The average Bonchev–Trinajstić information content (AvgIpc) is 3.45. The SMILES string of the molecule is Cc1c(Cl)cccc1N1CCC(CCN2NC(C(=O)N3CCC(O)[C@@H](F)C3)C3=C2CCC3)CC1. The Morgan fingerprint density at radius 1 is 1.21 bits per heavy atom. The van der Waals surface area contributed by atoms with Gasteiger partial charge in [0.2, 0.25) is 5.91 Å². The number of carbonyl (C=O) groups is 1. The number of carbonyl (C=O) groups excluding carboxylic acids is 1. The Labute approximate surface area is 206 Å². The molecule has 2 saturated heterocycles. The smallest absolute Gasteiger partial charge is 0.245 e. The molecule has 0 saturated carbocycles. The van der Waals surface area contributed by atoms with Crippen molar-refractivity contribution in [3.8, 4) is 0 Å². The maximum atomic E-state index is 14.0. The highest BCUT2D eigenvalue weighted by molar-refractivity contribution is 6.31. The fourth-order valence-electron chi connectivity index (χ4n) is 6.07. The second-order valence-electron chi connectivity index (χ2n) is 10.3. The second-order valence-corrected chi connectivity index (χ2v) is 10.7. The van der Waals surface area contributed by atoms with Gasteiger partial charge < -0.3 is 19.9 Å². The van der Waals surface area contributed by atoms with Crippen molar-refractivity contribution >= 4 is 23.2 Å². The second kappa shape index (κ2) is 10.0. The first kappa shape index (κ1) is 23.9. The summed E-state index contributed by atoms with van der Waals surface area (Å²) < 4.78 is 14.0. The number of likely N-dealkylation sites (tertiary alicyclic amines) is 1. The molecular formula is C26H36ClFN4O2. The normalized spacial score (nSPS) is 28.1. The number of hydrogen-bond acceptors (Lipinski definition) is 5. The van der Waals surface area contributed by atoms with Gasteiger partial charge in [-0.1, -0.05) is 17.7 Å². The number of amides is 1. The van der Waals surface area contributed by atoms with Gasteiger partial charge in [0.25, 0.3) is 0 Å². The fourth-order valence-corrected chi connectivity index (χ4v) is 6.24. The first-order valence-electron chi connectivity index (χ1n) is 12.8. The van der Waals surface area contributed by atoms with Crippen molar-refractivity contribution in [2.24, 2.45) is 5.92 Å². The van der Waals surface area contributed by atoms with Crippen LogP contribution in [0.4, 0.5) is 10.1 Å². The van der Waals surface area contributed by atoms with E-state index >= 15 is 0 Å². The van der Waals surface area contributed by atoms with Gasteiger partial charge in [-0.3, -0.25) is 4.79 Å². The molecule has 5 rings (SSSR count). The van der Waals surface area contributed by atoms with Gasteiger partial charge in [0.05, 0.1) is 12.6 Å². The van der Waals surface area contributed by atoms with Gasteiger partial charge in [-0.2, -0.15) is 0 Å². The van der Waals surface area contributed by atoms with Gasteiger partial charge in [0, 0.05) is 42.6 Å². The van der Waals surface area contributed by atoms with Crippen LogP contribution in [0.1, 0.15) is 50.5 Å². The number of nitrogens with zero attached hydrogens (tertiary/aromatic N) is 3. The number of anilines is 1. The number of allylic oxidation sites excluding steroid dienone is 1. The van der Waals surface area contributed by atoms with Crippen molar-refractivity contribution in [1.82, 2.24) is 15.3 Å². The van der Waals surface area contributed by atoms with Crippen LogP contribution in [-0.2, 0) is 4.79 Å². The lowest BCUT2D eigenvalue weighted by atomic mass is 9.93. The maximum Gasteiger partial charge on any atom is 0.245 e. The van der Waals surface area contributed by atoms with Crippen molar-refractivity contribution in [3.05, 3.63) is 40.1 Å². The van der Waals surface area contributed by atoms with E-state index in [-0.39, 0.29) is 18.5 Å². The number of hydrogen-bond donors (Lipinski definition) is 2. The summed E-state index contributed by atoms with van der Waals surface area (Å²) >= 11 is 6.33. The van der Waals surface area contributed by atoms with Gasteiger partial charge in [-0.25, -0.2) is 9.82 Å². The third-order valence-electron chi connectivity index (χ3n) is 8.21. The van der Waals surface area contributed by atoms with Crippen LogP contribution in [0.15, 0.2) is 29.5 Å². The van der Waals surface area contributed by atoms with Gasteiger partial charge in [-0.15, -0.1) is 0 Å². The Bertz CT molecular complexity index is 949. The molecule has 186 valence electrons. The fraction of sp³-hybridized carbons (Fsp3) is 0.654. The van der Waals surface area contributed by atoms with Gasteiger partial charge in [0.15, 0.2) is 0 Å². The largest absolute Gasteiger partial charge is 0.390 e. The topological polar surface area (TPSA) is 59.0 Å². The minimum absolute atomic E-state index is 0.00846. The van der Waals surface area contributed by atoms with E-state index in [2.05, 4.69) is 28.3 Å². The number of alkyl halides is 1. The van der Waals surface area contributed by atoms with Crippen LogP contribution >= 0.6 is 11.6 Å². The van der Waals surface area contributed by atoms with Crippen molar-refractivity contribution in [3.63, 3.8) is 0 Å².